The van der Waals surface area contributed by atoms with Gasteiger partial charge >= 0.3 is 0 Å². The Morgan fingerprint density at radius 2 is 1.43 bits per heavy atom. The number of halogens is 1. The van der Waals surface area contributed by atoms with E-state index in [4.69, 9.17) is 32.4 Å². The molecule has 0 atom stereocenters. The zero-order valence-electron chi connectivity index (χ0n) is 6.78. The van der Waals surface area contributed by atoms with Gasteiger partial charge in [-0.3, -0.25) is 4.79 Å². The van der Waals surface area contributed by atoms with Crippen molar-refractivity contribution in [2.75, 3.05) is 0 Å². The van der Waals surface area contributed by atoms with Crippen LogP contribution in [0.4, 0.5) is 0 Å². The first-order chi connectivity index (χ1) is 6.37. The van der Waals surface area contributed by atoms with Crippen LogP contribution in [0.1, 0.15) is 10.4 Å². The summed E-state index contributed by atoms with van der Waals surface area (Å²) < 4.78 is 0. The summed E-state index contributed by atoms with van der Waals surface area (Å²) in [5.74, 6) is -2.43. The van der Waals surface area contributed by atoms with Crippen LogP contribution in [-0.4, -0.2) is 36.3 Å². The second-order valence-corrected chi connectivity index (χ2v) is 2.87. The van der Waals surface area contributed by atoms with E-state index in [1.165, 1.54) is 0 Å². The SMILES string of the molecule is [B]c1c([B])c(O)c(C(=O)Cl)c(O)c1O. The van der Waals surface area contributed by atoms with Gasteiger partial charge in [-0.25, -0.2) is 0 Å². The van der Waals surface area contributed by atoms with Crippen LogP contribution in [-0.2, 0) is 0 Å². The molecule has 14 heavy (non-hydrogen) atoms. The summed E-state index contributed by atoms with van der Waals surface area (Å²) in [6.45, 7) is 0. The van der Waals surface area contributed by atoms with E-state index in [0.717, 1.165) is 0 Å². The van der Waals surface area contributed by atoms with E-state index in [9.17, 15) is 15.0 Å². The van der Waals surface area contributed by atoms with Crippen LogP contribution in [0.15, 0.2) is 0 Å². The molecule has 68 valence electrons. The van der Waals surface area contributed by atoms with E-state index in [-0.39, 0.29) is 0 Å². The Bertz CT molecular complexity index is 390. The Hall–Kier alpha value is -1.29. The quantitative estimate of drug-likeness (QED) is 0.234. The minimum atomic E-state index is -1.15. The Balaban J connectivity index is 3.68. The molecule has 7 heteroatoms. The summed E-state index contributed by atoms with van der Waals surface area (Å²) in [6.07, 6.45) is 0. The van der Waals surface area contributed by atoms with Crippen LogP contribution in [0.2, 0.25) is 0 Å². The van der Waals surface area contributed by atoms with Gasteiger partial charge in [-0.05, 0) is 11.6 Å². The molecule has 0 aliphatic heterocycles. The molecule has 0 saturated heterocycles. The third-order valence-electron chi connectivity index (χ3n) is 1.69. The second kappa shape index (κ2) is 3.46. The van der Waals surface area contributed by atoms with Gasteiger partial charge in [0, 0.05) is 0 Å². The van der Waals surface area contributed by atoms with Crippen molar-refractivity contribution in [3.63, 3.8) is 0 Å². The maximum Gasteiger partial charge on any atom is 0.260 e. The molecule has 1 aromatic carbocycles. The first kappa shape index (κ1) is 10.8. The van der Waals surface area contributed by atoms with Crippen LogP contribution in [0.5, 0.6) is 17.2 Å². The molecule has 0 aliphatic carbocycles. The van der Waals surface area contributed by atoms with Crippen LogP contribution in [0.3, 0.4) is 0 Å². The number of phenolic OH excluding ortho intramolecular Hbond substituents is 3. The lowest BCUT2D eigenvalue weighted by molar-refractivity contribution is 0.107. The van der Waals surface area contributed by atoms with Crippen molar-refractivity contribution in [2.45, 2.75) is 0 Å². The molecule has 0 amide bonds. The Morgan fingerprint density at radius 1 is 1.00 bits per heavy atom. The van der Waals surface area contributed by atoms with Gasteiger partial charge in [0.25, 0.3) is 5.24 Å². The highest BCUT2D eigenvalue weighted by Crippen LogP contribution is 2.32. The van der Waals surface area contributed by atoms with Gasteiger partial charge < -0.3 is 15.3 Å². The lowest BCUT2D eigenvalue weighted by atomic mass is 9.78. The van der Waals surface area contributed by atoms with Gasteiger partial charge in [0.2, 0.25) is 0 Å². The molecule has 0 bridgehead atoms. The second-order valence-electron chi connectivity index (χ2n) is 2.52. The molecule has 1 rings (SSSR count). The zero-order chi connectivity index (χ0) is 11.0. The maximum atomic E-state index is 10.7. The summed E-state index contributed by atoms with van der Waals surface area (Å²) in [5.41, 5.74) is -1.50. The predicted molar refractivity (Wildman–Crippen MR) is 52.4 cm³/mol. The van der Waals surface area contributed by atoms with Crippen LogP contribution >= 0.6 is 11.6 Å². The standard InChI is InChI=1S/C7H3B2ClO4/c8-2-3(9)6(13)5(12)1(4(2)11)7(10)14/h11-13H. The van der Waals surface area contributed by atoms with Gasteiger partial charge in [-0.15, -0.1) is 0 Å². The normalized spacial score (nSPS) is 10.1. The van der Waals surface area contributed by atoms with E-state index < -0.39 is 39.0 Å². The minimum absolute atomic E-state index is 0.413. The van der Waals surface area contributed by atoms with E-state index in [1.807, 2.05) is 0 Å². The van der Waals surface area contributed by atoms with Gasteiger partial charge in [-0.2, -0.15) is 0 Å². The van der Waals surface area contributed by atoms with Crippen molar-refractivity contribution in [1.29, 1.82) is 0 Å². The van der Waals surface area contributed by atoms with Crippen LogP contribution in [0.25, 0.3) is 0 Å². The number of hydrogen-bond donors (Lipinski definition) is 3. The van der Waals surface area contributed by atoms with E-state index >= 15 is 0 Å². The lowest BCUT2D eigenvalue weighted by Crippen LogP contribution is -2.27. The highest BCUT2D eigenvalue weighted by Gasteiger charge is 2.21. The minimum Gasteiger partial charge on any atom is -0.508 e. The highest BCUT2D eigenvalue weighted by atomic mass is 35.5. The molecule has 0 spiro atoms. The smallest absolute Gasteiger partial charge is 0.260 e. The summed E-state index contributed by atoms with van der Waals surface area (Å²) >= 11 is 5.04. The van der Waals surface area contributed by atoms with Gasteiger partial charge in [0.15, 0.2) is 11.5 Å². The fourth-order valence-electron chi connectivity index (χ4n) is 0.934. The van der Waals surface area contributed by atoms with Gasteiger partial charge in [0.05, 0.1) is 0 Å². The number of carbonyl (C=O) groups is 1. The Kier molecular flexibility index (Phi) is 2.66. The molecule has 1 aromatic rings. The van der Waals surface area contributed by atoms with Gasteiger partial charge in [0.1, 0.15) is 27.0 Å². The molecule has 0 aliphatic rings. The van der Waals surface area contributed by atoms with Crippen LogP contribution in [0, 0.1) is 0 Å². The molecular weight excluding hydrogens is 205 g/mol. The number of aromatic hydroxyl groups is 3. The van der Waals surface area contributed by atoms with Crippen molar-refractivity contribution in [3.8, 4) is 17.2 Å². The third kappa shape index (κ3) is 1.42. The average molecular weight is 208 g/mol. The molecule has 0 aromatic heterocycles. The molecular formula is C7H3B2ClO4. The summed E-state index contributed by atoms with van der Waals surface area (Å²) in [6, 6.07) is 0. The lowest BCUT2D eigenvalue weighted by Gasteiger charge is -2.12. The molecule has 0 saturated carbocycles. The van der Waals surface area contributed by atoms with Crippen molar-refractivity contribution in [1.82, 2.24) is 0 Å². The van der Waals surface area contributed by atoms with Crippen molar-refractivity contribution in [2.24, 2.45) is 0 Å². The van der Waals surface area contributed by atoms with Crippen molar-refractivity contribution >= 4 is 43.5 Å². The molecule has 3 N–H and O–H groups in total. The topological polar surface area (TPSA) is 77.8 Å². The number of hydrogen-bond acceptors (Lipinski definition) is 4. The van der Waals surface area contributed by atoms with Crippen molar-refractivity contribution in [3.05, 3.63) is 5.56 Å². The summed E-state index contributed by atoms with van der Waals surface area (Å²) in [7, 11) is 10.4. The molecule has 0 fully saturated rings. The first-order valence-electron chi connectivity index (χ1n) is 3.39. The fourth-order valence-corrected chi connectivity index (χ4v) is 1.11. The summed E-state index contributed by atoms with van der Waals surface area (Å²) in [4.78, 5) is 10.7. The Morgan fingerprint density at radius 3 is 1.86 bits per heavy atom. The predicted octanol–water partition coefficient (Wildman–Crippen LogP) is -1.23. The molecule has 0 unspecified atom stereocenters. The molecule has 4 radical (unpaired) electrons. The number of phenols is 3. The monoisotopic (exact) mass is 208 g/mol. The Labute approximate surface area is 86.9 Å². The first-order valence-corrected chi connectivity index (χ1v) is 3.77. The highest BCUT2D eigenvalue weighted by molar-refractivity contribution is 6.69. The van der Waals surface area contributed by atoms with E-state index in [2.05, 4.69) is 0 Å². The molecule has 0 heterocycles. The zero-order valence-corrected chi connectivity index (χ0v) is 7.54. The maximum absolute atomic E-state index is 10.7. The van der Waals surface area contributed by atoms with E-state index in [1.54, 1.807) is 0 Å². The van der Waals surface area contributed by atoms with Crippen LogP contribution < -0.4 is 10.9 Å². The average Bonchev–Trinajstić information content (AvgIpc) is 2.11. The summed E-state index contributed by atoms with van der Waals surface area (Å²) in [5, 5.41) is 26.5. The van der Waals surface area contributed by atoms with Crippen molar-refractivity contribution < 1.29 is 20.1 Å². The van der Waals surface area contributed by atoms with E-state index in [0.29, 0.717) is 0 Å². The molecule has 4 nitrogen and oxygen atoms in total. The third-order valence-corrected chi connectivity index (χ3v) is 1.88. The largest absolute Gasteiger partial charge is 0.508 e. The number of rotatable bonds is 1. The fraction of sp³-hybridized carbons (Fsp3) is 0. The number of carbonyl (C=O) groups excluding carboxylic acids is 1. The number of benzene rings is 1. The van der Waals surface area contributed by atoms with Gasteiger partial charge in [-0.1, -0.05) is 10.9 Å².